The second kappa shape index (κ2) is 3.51. The van der Waals surface area contributed by atoms with Crippen LogP contribution in [0.2, 0.25) is 0 Å². The molecule has 0 saturated carbocycles. The quantitative estimate of drug-likeness (QED) is 0.772. The molecule has 4 nitrogen and oxygen atoms in total. The first-order chi connectivity index (χ1) is 7.10. The van der Waals surface area contributed by atoms with E-state index in [4.69, 9.17) is 0 Å². The van der Waals surface area contributed by atoms with Gasteiger partial charge in [-0.15, -0.1) is 0 Å². The van der Waals surface area contributed by atoms with Crippen molar-refractivity contribution in [3.05, 3.63) is 48.5 Å². The topological polar surface area (TPSA) is 52.0 Å². The van der Waals surface area contributed by atoms with Crippen molar-refractivity contribution in [1.29, 1.82) is 0 Å². The number of nitrogens with zero attached hydrogens (tertiary/aromatic N) is 2. The lowest BCUT2D eigenvalue weighted by atomic mass is 10.2. The van der Waals surface area contributed by atoms with Crippen molar-refractivity contribution in [2.24, 2.45) is 0 Å². The molecule has 5 heteroatoms. The molecular formula is C10H10N2O2S. The summed E-state index contributed by atoms with van der Waals surface area (Å²) in [5, 5.41) is 0. The summed E-state index contributed by atoms with van der Waals surface area (Å²) in [6.07, 6.45) is 4.12. The van der Waals surface area contributed by atoms with Gasteiger partial charge in [-0.05, 0) is 19.1 Å². The molecule has 0 aliphatic carbocycles. The lowest BCUT2D eigenvalue weighted by Gasteiger charge is -2.04. The molecule has 1 aromatic heterocycles. The molecule has 1 heterocycles. The summed E-state index contributed by atoms with van der Waals surface area (Å²) in [7, 11) is -3.46. The molecule has 0 radical (unpaired) electrons. The van der Waals surface area contributed by atoms with Crippen molar-refractivity contribution < 1.29 is 8.42 Å². The third-order valence-corrected chi connectivity index (χ3v) is 3.72. The number of aromatic nitrogens is 2. The molecular weight excluding hydrogens is 212 g/mol. The van der Waals surface area contributed by atoms with E-state index in [1.807, 2.05) is 6.92 Å². The third kappa shape index (κ3) is 1.78. The first-order valence-electron chi connectivity index (χ1n) is 4.41. The van der Waals surface area contributed by atoms with Crippen LogP contribution in [-0.2, 0) is 10.0 Å². The highest BCUT2D eigenvalue weighted by atomic mass is 32.2. The van der Waals surface area contributed by atoms with Gasteiger partial charge in [0.15, 0.2) is 0 Å². The normalized spacial score (nSPS) is 11.5. The van der Waals surface area contributed by atoms with Crippen LogP contribution in [0, 0.1) is 6.92 Å². The molecule has 1 aromatic carbocycles. The van der Waals surface area contributed by atoms with Crippen molar-refractivity contribution in [2.45, 2.75) is 11.8 Å². The Morgan fingerprint density at radius 1 is 1.20 bits per heavy atom. The number of rotatable bonds is 2. The molecule has 2 aromatic rings. The Balaban J connectivity index is 2.52. The average Bonchev–Trinajstić information content (AvgIpc) is 2.71. The van der Waals surface area contributed by atoms with Crippen LogP contribution in [0.5, 0.6) is 0 Å². The smallest absolute Gasteiger partial charge is 0.244 e. The average molecular weight is 222 g/mol. The summed E-state index contributed by atoms with van der Waals surface area (Å²) in [6, 6.07) is 6.71. The molecule has 0 fully saturated rings. The van der Waals surface area contributed by atoms with Gasteiger partial charge in [0.05, 0.1) is 4.90 Å². The van der Waals surface area contributed by atoms with Gasteiger partial charge in [0.1, 0.15) is 6.33 Å². The molecule has 2 rings (SSSR count). The van der Waals surface area contributed by atoms with Crippen molar-refractivity contribution in [2.75, 3.05) is 0 Å². The minimum absolute atomic E-state index is 0.270. The zero-order chi connectivity index (χ0) is 10.9. The molecule has 0 amide bonds. The maximum absolute atomic E-state index is 11.9. The van der Waals surface area contributed by atoms with E-state index in [0.717, 1.165) is 9.54 Å². The Morgan fingerprint density at radius 3 is 2.40 bits per heavy atom. The van der Waals surface area contributed by atoms with Crippen LogP contribution in [-0.4, -0.2) is 17.4 Å². The van der Waals surface area contributed by atoms with Crippen molar-refractivity contribution in [3.63, 3.8) is 0 Å². The Morgan fingerprint density at radius 2 is 1.87 bits per heavy atom. The SMILES string of the molecule is Cc1ccc(S(=O)(=O)n2ccnc2)cc1. The predicted octanol–water partition coefficient (Wildman–Crippen LogP) is 1.43. The zero-order valence-electron chi connectivity index (χ0n) is 8.16. The maximum Gasteiger partial charge on any atom is 0.268 e. The van der Waals surface area contributed by atoms with Gasteiger partial charge in [-0.25, -0.2) is 17.4 Å². The summed E-state index contributed by atoms with van der Waals surface area (Å²) in [5.74, 6) is 0. The van der Waals surface area contributed by atoms with Gasteiger partial charge in [-0.3, -0.25) is 0 Å². The summed E-state index contributed by atoms with van der Waals surface area (Å²) < 4.78 is 25.0. The van der Waals surface area contributed by atoms with E-state index in [1.165, 1.54) is 18.7 Å². The summed E-state index contributed by atoms with van der Waals surface area (Å²) in [6.45, 7) is 1.91. The molecule has 0 aliphatic heterocycles. The van der Waals surface area contributed by atoms with E-state index in [1.54, 1.807) is 24.3 Å². The fourth-order valence-electron chi connectivity index (χ4n) is 1.22. The first kappa shape index (κ1) is 9.92. The Hall–Kier alpha value is -1.62. The molecule has 0 saturated heterocycles. The van der Waals surface area contributed by atoms with Crippen LogP contribution in [0.3, 0.4) is 0 Å². The summed E-state index contributed by atoms with van der Waals surface area (Å²) in [5.41, 5.74) is 1.03. The standard InChI is InChI=1S/C10H10N2O2S/c1-9-2-4-10(5-3-9)15(13,14)12-7-6-11-8-12/h2-8H,1H3. The molecule has 0 unspecified atom stereocenters. The monoisotopic (exact) mass is 222 g/mol. The Bertz CT molecular complexity index is 542. The zero-order valence-corrected chi connectivity index (χ0v) is 8.98. The number of hydrogen-bond donors (Lipinski definition) is 0. The van der Waals surface area contributed by atoms with E-state index >= 15 is 0 Å². The van der Waals surface area contributed by atoms with Gasteiger partial charge in [0.2, 0.25) is 0 Å². The second-order valence-electron chi connectivity index (χ2n) is 3.21. The minimum atomic E-state index is -3.46. The minimum Gasteiger partial charge on any atom is -0.244 e. The molecule has 15 heavy (non-hydrogen) atoms. The van der Waals surface area contributed by atoms with Gasteiger partial charge in [-0.1, -0.05) is 17.7 Å². The van der Waals surface area contributed by atoms with Crippen LogP contribution < -0.4 is 0 Å². The van der Waals surface area contributed by atoms with E-state index in [2.05, 4.69) is 4.98 Å². The van der Waals surface area contributed by atoms with E-state index < -0.39 is 10.0 Å². The van der Waals surface area contributed by atoms with Crippen molar-refractivity contribution >= 4 is 10.0 Å². The fourth-order valence-corrected chi connectivity index (χ4v) is 2.34. The number of hydrogen-bond acceptors (Lipinski definition) is 3. The van der Waals surface area contributed by atoms with Gasteiger partial charge in [0, 0.05) is 12.4 Å². The number of benzene rings is 1. The molecule has 0 N–H and O–H groups in total. The number of imidazole rings is 1. The van der Waals surface area contributed by atoms with Crippen LogP contribution in [0.15, 0.2) is 47.9 Å². The van der Waals surface area contributed by atoms with E-state index in [-0.39, 0.29) is 4.90 Å². The van der Waals surface area contributed by atoms with E-state index in [0.29, 0.717) is 0 Å². The molecule has 0 aliphatic rings. The molecule has 0 atom stereocenters. The van der Waals surface area contributed by atoms with Crippen molar-refractivity contribution in [1.82, 2.24) is 8.96 Å². The number of aryl methyl sites for hydroxylation is 1. The third-order valence-electron chi connectivity index (χ3n) is 2.08. The van der Waals surface area contributed by atoms with Crippen LogP contribution in [0.1, 0.15) is 5.56 Å². The Kier molecular flexibility index (Phi) is 2.32. The lowest BCUT2D eigenvalue weighted by molar-refractivity contribution is 0.587. The first-order valence-corrected chi connectivity index (χ1v) is 5.85. The summed E-state index contributed by atoms with van der Waals surface area (Å²) >= 11 is 0. The maximum atomic E-state index is 11.9. The second-order valence-corrected chi connectivity index (χ2v) is 5.05. The molecule has 0 bridgehead atoms. The van der Waals surface area contributed by atoms with Crippen molar-refractivity contribution in [3.8, 4) is 0 Å². The van der Waals surface area contributed by atoms with Crippen LogP contribution >= 0.6 is 0 Å². The largest absolute Gasteiger partial charge is 0.268 e. The van der Waals surface area contributed by atoms with Crippen LogP contribution in [0.25, 0.3) is 0 Å². The van der Waals surface area contributed by atoms with Gasteiger partial charge in [-0.2, -0.15) is 0 Å². The molecule has 78 valence electrons. The highest BCUT2D eigenvalue weighted by Crippen LogP contribution is 2.13. The van der Waals surface area contributed by atoms with Gasteiger partial charge < -0.3 is 0 Å². The van der Waals surface area contributed by atoms with Gasteiger partial charge >= 0.3 is 0 Å². The van der Waals surface area contributed by atoms with E-state index in [9.17, 15) is 8.42 Å². The fraction of sp³-hybridized carbons (Fsp3) is 0.100. The van der Waals surface area contributed by atoms with Gasteiger partial charge in [0.25, 0.3) is 10.0 Å². The highest BCUT2D eigenvalue weighted by Gasteiger charge is 2.14. The Labute approximate surface area is 88.3 Å². The lowest BCUT2D eigenvalue weighted by Crippen LogP contribution is -2.10. The molecule has 0 spiro atoms. The van der Waals surface area contributed by atoms with Crippen LogP contribution in [0.4, 0.5) is 0 Å². The highest BCUT2D eigenvalue weighted by molar-refractivity contribution is 7.90. The summed E-state index contributed by atoms with van der Waals surface area (Å²) in [4.78, 5) is 3.98. The predicted molar refractivity (Wildman–Crippen MR) is 56.0 cm³/mol.